The molecular weight excluding hydrogens is 214 g/mol. The standard InChI is InChI=1S/C13H21N3O/c1-10(11-6-5-7-14-8-11)16-12(17)9-15-13(2,3)4/h5-8,10,15H,9H2,1-4H3,(H,16,17)/t10-/m1/s1. The zero-order chi connectivity index (χ0) is 12.9. The number of carbonyl (C=O) groups excluding carboxylic acids is 1. The first-order valence-electron chi connectivity index (χ1n) is 5.83. The molecule has 1 aromatic rings. The van der Waals surface area contributed by atoms with Crippen molar-refractivity contribution >= 4 is 5.91 Å². The minimum absolute atomic E-state index is 0.00345. The fraction of sp³-hybridized carbons (Fsp3) is 0.538. The number of nitrogens with one attached hydrogen (secondary N) is 2. The molecule has 0 unspecified atom stereocenters. The third-order valence-electron chi connectivity index (χ3n) is 2.34. The largest absolute Gasteiger partial charge is 0.348 e. The van der Waals surface area contributed by atoms with Crippen molar-refractivity contribution in [3.05, 3.63) is 30.1 Å². The van der Waals surface area contributed by atoms with Crippen LogP contribution in [0.3, 0.4) is 0 Å². The normalized spacial score (nSPS) is 13.2. The third-order valence-corrected chi connectivity index (χ3v) is 2.34. The van der Waals surface area contributed by atoms with Gasteiger partial charge in [-0.3, -0.25) is 9.78 Å². The molecule has 0 saturated carbocycles. The molecule has 4 nitrogen and oxygen atoms in total. The van der Waals surface area contributed by atoms with E-state index in [9.17, 15) is 4.79 Å². The molecule has 0 aliphatic heterocycles. The molecule has 94 valence electrons. The van der Waals surface area contributed by atoms with E-state index < -0.39 is 0 Å². The molecule has 0 radical (unpaired) electrons. The molecule has 0 aliphatic rings. The Bertz CT molecular complexity index is 357. The van der Waals surface area contributed by atoms with Crippen LogP contribution < -0.4 is 10.6 Å². The number of aromatic nitrogens is 1. The molecule has 1 atom stereocenters. The Morgan fingerprint density at radius 3 is 2.71 bits per heavy atom. The maximum absolute atomic E-state index is 11.7. The molecule has 0 aliphatic carbocycles. The van der Waals surface area contributed by atoms with Crippen molar-refractivity contribution < 1.29 is 4.79 Å². The summed E-state index contributed by atoms with van der Waals surface area (Å²) in [6.07, 6.45) is 3.49. The van der Waals surface area contributed by atoms with Gasteiger partial charge < -0.3 is 10.6 Å². The van der Waals surface area contributed by atoms with Gasteiger partial charge in [0, 0.05) is 17.9 Å². The quantitative estimate of drug-likeness (QED) is 0.834. The maximum Gasteiger partial charge on any atom is 0.234 e. The summed E-state index contributed by atoms with van der Waals surface area (Å²) < 4.78 is 0. The number of carbonyl (C=O) groups is 1. The summed E-state index contributed by atoms with van der Waals surface area (Å²) in [4.78, 5) is 15.7. The summed E-state index contributed by atoms with van der Waals surface area (Å²) in [7, 11) is 0. The highest BCUT2D eigenvalue weighted by Crippen LogP contribution is 2.09. The van der Waals surface area contributed by atoms with E-state index in [2.05, 4.69) is 15.6 Å². The smallest absolute Gasteiger partial charge is 0.234 e. The summed E-state index contributed by atoms with van der Waals surface area (Å²) in [5.74, 6) is -0.00345. The van der Waals surface area contributed by atoms with Gasteiger partial charge in [-0.05, 0) is 39.3 Å². The molecule has 1 heterocycles. The molecule has 0 spiro atoms. The average molecular weight is 235 g/mol. The van der Waals surface area contributed by atoms with Gasteiger partial charge in [-0.15, -0.1) is 0 Å². The fourth-order valence-corrected chi connectivity index (χ4v) is 1.35. The van der Waals surface area contributed by atoms with Gasteiger partial charge in [0.1, 0.15) is 0 Å². The highest BCUT2D eigenvalue weighted by atomic mass is 16.1. The lowest BCUT2D eigenvalue weighted by Crippen LogP contribution is -2.43. The minimum atomic E-state index is -0.0467. The van der Waals surface area contributed by atoms with Gasteiger partial charge >= 0.3 is 0 Å². The van der Waals surface area contributed by atoms with Crippen LogP contribution in [-0.4, -0.2) is 23.0 Å². The van der Waals surface area contributed by atoms with E-state index >= 15 is 0 Å². The molecule has 2 N–H and O–H groups in total. The third kappa shape index (κ3) is 5.45. The van der Waals surface area contributed by atoms with Crippen molar-refractivity contribution in [1.82, 2.24) is 15.6 Å². The van der Waals surface area contributed by atoms with Crippen LogP contribution in [0.1, 0.15) is 39.3 Å². The Morgan fingerprint density at radius 2 is 2.18 bits per heavy atom. The Kier molecular flexibility index (Phi) is 4.63. The topological polar surface area (TPSA) is 54.0 Å². The molecule has 0 bridgehead atoms. The lowest BCUT2D eigenvalue weighted by molar-refractivity contribution is -0.121. The van der Waals surface area contributed by atoms with Gasteiger partial charge in [0.25, 0.3) is 0 Å². The molecule has 1 rings (SSSR count). The van der Waals surface area contributed by atoms with E-state index in [1.165, 1.54) is 0 Å². The molecule has 0 fully saturated rings. The molecular formula is C13H21N3O. The molecule has 4 heteroatoms. The SMILES string of the molecule is C[C@@H](NC(=O)CNC(C)(C)C)c1cccnc1. The van der Waals surface area contributed by atoms with Crippen molar-refractivity contribution in [3.63, 3.8) is 0 Å². The van der Waals surface area contributed by atoms with Crippen LogP contribution in [0.25, 0.3) is 0 Å². The van der Waals surface area contributed by atoms with Crippen molar-refractivity contribution in [2.75, 3.05) is 6.54 Å². The average Bonchev–Trinajstić information content (AvgIpc) is 2.27. The lowest BCUT2D eigenvalue weighted by atomic mass is 10.1. The minimum Gasteiger partial charge on any atom is -0.348 e. The van der Waals surface area contributed by atoms with Crippen LogP contribution in [0, 0.1) is 0 Å². The predicted octanol–water partition coefficient (Wildman–Crippen LogP) is 1.65. The zero-order valence-corrected chi connectivity index (χ0v) is 10.9. The lowest BCUT2D eigenvalue weighted by Gasteiger charge is -2.21. The van der Waals surface area contributed by atoms with E-state index in [4.69, 9.17) is 0 Å². The summed E-state index contributed by atoms with van der Waals surface area (Å²) in [5, 5.41) is 6.08. The second-order valence-corrected chi connectivity index (χ2v) is 5.18. The number of hydrogen-bond donors (Lipinski definition) is 2. The van der Waals surface area contributed by atoms with Gasteiger partial charge in [0.2, 0.25) is 5.91 Å². The highest BCUT2D eigenvalue weighted by Gasteiger charge is 2.13. The van der Waals surface area contributed by atoms with Gasteiger partial charge in [-0.25, -0.2) is 0 Å². The Hall–Kier alpha value is -1.42. The van der Waals surface area contributed by atoms with Crippen molar-refractivity contribution in [3.8, 4) is 0 Å². The summed E-state index contributed by atoms with van der Waals surface area (Å²) in [5.41, 5.74) is 0.964. The fourth-order valence-electron chi connectivity index (χ4n) is 1.35. The monoisotopic (exact) mass is 235 g/mol. The van der Waals surface area contributed by atoms with Crippen LogP contribution in [0.4, 0.5) is 0 Å². The number of pyridine rings is 1. The molecule has 0 saturated heterocycles. The maximum atomic E-state index is 11.7. The highest BCUT2D eigenvalue weighted by molar-refractivity contribution is 5.78. The van der Waals surface area contributed by atoms with E-state index in [-0.39, 0.29) is 17.5 Å². The summed E-state index contributed by atoms with van der Waals surface area (Å²) >= 11 is 0. The van der Waals surface area contributed by atoms with E-state index in [1.807, 2.05) is 39.8 Å². The van der Waals surface area contributed by atoms with E-state index in [0.717, 1.165) is 5.56 Å². The number of amides is 1. The van der Waals surface area contributed by atoms with E-state index in [1.54, 1.807) is 12.4 Å². The first-order valence-corrected chi connectivity index (χ1v) is 5.83. The van der Waals surface area contributed by atoms with Gasteiger partial charge in [-0.1, -0.05) is 6.07 Å². The Labute approximate surface area is 103 Å². The second kappa shape index (κ2) is 5.77. The van der Waals surface area contributed by atoms with Crippen molar-refractivity contribution in [2.45, 2.75) is 39.3 Å². The van der Waals surface area contributed by atoms with Crippen LogP contribution in [0.2, 0.25) is 0 Å². The predicted molar refractivity (Wildman–Crippen MR) is 68.6 cm³/mol. The van der Waals surface area contributed by atoms with Crippen LogP contribution in [-0.2, 0) is 4.79 Å². The van der Waals surface area contributed by atoms with Crippen molar-refractivity contribution in [1.29, 1.82) is 0 Å². The van der Waals surface area contributed by atoms with Crippen molar-refractivity contribution in [2.24, 2.45) is 0 Å². The molecule has 17 heavy (non-hydrogen) atoms. The van der Waals surface area contributed by atoms with Crippen LogP contribution in [0.5, 0.6) is 0 Å². The number of hydrogen-bond acceptors (Lipinski definition) is 3. The second-order valence-electron chi connectivity index (χ2n) is 5.18. The summed E-state index contributed by atoms with van der Waals surface area (Å²) in [6, 6.07) is 3.80. The Balaban J connectivity index is 2.42. The first kappa shape index (κ1) is 13.6. The Morgan fingerprint density at radius 1 is 1.47 bits per heavy atom. The van der Waals surface area contributed by atoms with Crippen LogP contribution >= 0.6 is 0 Å². The molecule has 1 amide bonds. The van der Waals surface area contributed by atoms with E-state index in [0.29, 0.717) is 6.54 Å². The first-order chi connectivity index (χ1) is 7.88. The molecule has 1 aromatic heterocycles. The number of nitrogens with zero attached hydrogens (tertiary/aromatic N) is 1. The number of rotatable bonds is 4. The van der Waals surface area contributed by atoms with Gasteiger partial charge in [0.15, 0.2) is 0 Å². The van der Waals surface area contributed by atoms with Crippen LogP contribution in [0.15, 0.2) is 24.5 Å². The zero-order valence-electron chi connectivity index (χ0n) is 10.9. The van der Waals surface area contributed by atoms with Gasteiger partial charge in [0.05, 0.1) is 12.6 Å². The summed E-state index contributed by atoms with van der Waals surface area (Å²) in [6.45, 7) is 8.38. The molecule has 0 aromatic carbocycles. The van der Waals surface area contributed by atoms with Gasteiger partial charge in [-0.2, -0.15) is 0 Å².